The van der Waals surface area contributed by atoms with Crippen LogP contribution in [0.15, 0.2) is 66.7 Å². The lowest BCUT2D eigenvalue weighted by molar-refractivity contribution is -0.139. The number of aliphatic carboxylic acids is 1. The van der Waals surface area contributed by atoms with Gasteiger partial charge < -0.3 is 15.2 Å². The van der Waals surface area contributed by atoms with E-state index < -0.39 is 23.9 Å². The molecule has 1 aliphatic carbocycles. The Morgan fingerprint density at radius 1 is 1.03 bits per heavy atom. The topological polar surface area (TPSA) is 75.6 Å². The van der Waals surface area contributed by atoms with Crippen LogP contribution in [0.4, 0.5) is 9.18 Å². The summed E-state index contributed by atoms with van der Waals surface area (Å²) in [6.45, 7) is 1.81. The number of rotatable bonds is 6. The number of hydrogen-bond donors (Lipinski definition) is 2. The lowest BCUT2D eigenvalue weighted by Gasteiger charge is -2.18. The Morgan fingerprint density at radius 2 is 1.65 bits per heavy atom. The molecular weight excluding hydrogens is 397 g/mol. The van der Waals surface area contributed by atoms with Crippen molar-refractivity contribution in [1.29, 1.82) is 0 Å². The maximum Gasteiger partial charge on any atom is 0.407 e. The van der Waals surface area contributed by atoms with Crippen LogP contribution in [0.2, 0.25) is 0 Å². The van der Waals surface area contributed by atoms with Crippen molar-refractivity contribution in [2.24, 2.45) is 0 Å². The molecule has 0 bridgehead atoms. The highest BCUT2D eigenvalue weighted by Crippen LogP contribution is 2.44. The largest absolute Gasteiger partial charge is 0.480 e. The fourth-order valence-electron chi connectivity index (χ4n) is 4.15. The molecule has 0 fully saturated rings. The first-order valence-corrected chi connectivity index (χ1v) is 10.0. The SMILES string of the molecule is Cc1cc(F)cc(C[C@H](NC(=O)OCC2c3ccccc3-c3ccccc32)C(=O)O)c1. The van der Waals surface area contributed by atoms with E-state index in [1.54, 1.807) is 13.0 Å². The fraction of sp³-hybridized carbons (Fsp3) is 0.200. The van der Waals surface area contributed by atoms with E-state index >= 15 is 0 Å². The van der Waals surface area contributed by atoms with E-state index in [2.05, 4.69) is 5.32 Å². The van der Waals surface area contributed by atoms with Crippen LogP contribution < -0.4 is 5.32 Å². The van der Waals surface area contributed by atoms with Crippen molar-refractivity contribution in [3.8, 4) is 11.1 Å². The molecule has 0 radical (unpaired) electrons. The zero-order valence-corrected chi connectivity index (χ0v) is 17.0. The van der Waals surface area contributed by atoms with E-state index in [1.165, 1.54) is 12.1 Å². The molecule has 5 nitrogen and oxygen atoms in total. The van der Waals surface area contributed by atoms with E-state index in [-0.39, 0.29) is 18.9 Å². The average Bonchev–Trinajstić information content (AvgIpc) is 3.05. The number of carboxylic acid groups (broad SMARTS) is 1. The molecule has 0 aromatic heterocycles. The Morgan fingerprint density at radius 3 is 2.23 bits per heavy atom. The number of aryl methyl sites for hydroxylation is 1. The predicted octanol–water partition coefficient (Wildman–Crippen LogP) is 4.67. The molecular formula is C25H22FNO4. The van der Waals surface area contributed by atoms with Gasteiger partial charge in [-0.15, -0.1) is 0 Å². The molecule has 158 valence electrons. The smallest absolute Gasteiger partial charge is 0.407 e. The van der Waals surface area contributed by atoms with Crippen LogP contribution in [0, 0.1) is 12.7 Å². The van der Waals surface area contributed by atoms with Crippen LogP contribution in [0.25, 0.3) is 11.1 Å². The molecule has 31 heavy (non-hydrogen) atoms. The monoisotopic (exact) mass is 419 g/mol. The Hall–Kier alpha value is -3.67. The highest BCUT2D eigenvalue weighted by atomic mass is 19.1. The van der Waals surface area contributed by atoms with Gasteiger partial charge in [-0.25, -0.2) is 14.0 Å². The standard InChI is InChI=1S/C25H22FNO4/c1-15-10-16(12-17(26)11-15)13-23(24(28)29)27-25(30)31-14-22-20-8-4-2-6-18(20)19-7-3-5-9-21(19)22/h2-12,22-23H,13-14H2,1H3,(H,27,30)(H,28,29)/t23-/m0/s1. The zero-order valence-electron chi connectivity index (χ0n) is 17.0. The zero-order chi connectivity index (χ0) is 22.0. The molecule has 0 heterocycles. The number of halogens is 1. The molecule has 6 heteroatoms. The summed E-state index contributed by atoms with van der Waals surface area (Å²) in [7, 11) is 0. The molecule has 1 atom stereocenters. The van der Waals surface area contributed by atoms with Gasteiger partial charge in [0, 0.05) is 12.3 Å². The summed E-state index contributed by atoms with van der Waals surface area (Å²) in [6.07, 6.45) is -0.861. The van der Waals surface area contributed by atoms with Crippen molar-refractivity contribution in [2.75, 3.05) is 6.61 Å². The van der Waals surface area contributed by atoms with E-state index in [1.807, 2.05) is 48.5 Å². The molecule has 0 aliphatic heterocycles. The van der Waals surface area contributed by atoms with E-state index in [0.29, 0.717) is 11.1 Å². The minimum Gasteiger partial charge on any atom is -0.480 e. The number of fused-ring (bicyclic) bond motifs is 3. The second kappa shape index (κ2) is 8.60. The number of nitrogens with one attached hydrogen (secondary N) is 1. The minimum absolute atomic E-state index is 0.0435. The summed E-state index contributed by atoms with van der Waals surface area (Å²) >= 11 is 0. The average molecular weight is 419 g/mol. The summed E-state index contributed by atoms with van der Waals surface area (Å²) < 4.78 is 19.0. The second-order valence-electron chi connectivity index (χ2n) is 7.70. The summed E-state index contributed by atoms with van der Waals surface area (Å²) in [5.41, 5.74) is 5.53. The number of carboxylic acids is 1. The normalized spacial score (nSPS) is 13.2. The van der Waals surface area contributed by atoms with Gasteiger partial charge in [0.15, 0.2) is 0 Å². The number of alkyl carbamates (subject to hydrolysis) is 1. The number of carbonyl (C=O) groups is 2. The molecule has 4 rings (SSSR count). The third-order valence-corrected chi connectivity index (χ3v) is 5.48. The Balaban J connectivity index is 1.44. The highest BCUT2D eigenvalue weighted by Gasteiger charge is 2.29. The molecule has 1 amide bonds. The van der Waals surface area contributed by atoms with Crippen molar-refractivity contribution in [1.82, 2.24) is 5.32 Å². The van der Waals surface area contributed by atoms with Crippen LogP contribution in [-0.4, -0.2) is 29.8 Å². The number of ether oxygens (including phenoxy) is 1. The molecule has 0 saturated heterocycles. The predicted molar refractivity (Wildman–Crippen MR) is 114 cm³/mol. The van der Waals surface area contributed by atoms with Crippen LogP contribution in [-0.2, 0) is 16.0 Å². The van der Waals surface area contributed by atoms with Gasteiger partial charge in [0.1, 0.15) is 18.5 Å². The first-order chi connectivity index (χ1) is 14.9. The third kappa shape index (κ3) is 4.43. The Kier molecular flexibility index (Phi) is 5.71. The summed E-state index contributed by atoms with van der Waals surface area (Å²) in [6, 6.07) is 19.0. The number of hydrogen-bond acceptors (Lipinski definition) is 3. The van der Waals surface area contributed by atoms with Gasteiger partial charge in [0.2, 0.25) is 0 Å². The first kappa shape index (κ1) is 20.6. The van der Waals surface area contributed by atoms with Crippen molar-refractivity contribution in [2.45, 2.75) is 25.3 Å². The molecule has 3 aromatic rings. The fourth-order valence-corrected chi connectivity index (χ4v) is 4.15. The highest BCUT2D eigenvalue weighted by molar-refractivity contribution is 5.81. The molecule has 2 N–H and O–H groups in total. The molecule has 0 spiro atoms. The number of carbonyl (C=O) groups excluding carboxylic acids is 1. The second-order valence-corrected chi connectivity index (χ2v) is 7.70. The van der Waals surface area contributed by atoms with Gasteiger partial charge in [0.25, 0.3) is 0 Å². The maximum atomic E-state index is 13.6. The number of benzene rings is 3. The summed E-state index contributed by atoms with van der Waals surface area (Å²) in [4.78, 5) is 24.0. The van der Waals surface area contributed by atoms with Crippen molar-refractivity contribution in [3.63, 3.8) is 0 Å². The van der Waals surface area contributed by atoms with Gasteiger partial charge in [-0.05, 0) is 52.4 Å². The van der Waals surface area contributed by atoms with Gasteiger partial charge >= 0.3 is 12.1 Å². The molecule has 1 aliphatic rings. The van der Waals surface area contributed by atoms with E-state index in [0.717, 1.165) is 22.3 Å². The van der Waals surface area contributed by atoms with Crippen molar-refractivity contribution < 1.29 is 23.8 Å². The van der Waals surface area contributed by atoms with Crippen LogP contribution in [0.5, 0.6) is 0 Å². The lowest BCUT2D eigenvalue weighted by atomic mass is 9.98. The van der Waals surface area contributed by atoms with Gasteiger partial charge in [-0.3, -0.25) is 0 Å². The quantitative estimate of drug-likeness (QED) is 0.609. The minimum atomic E-state index is -1.23. The maximum absolute atomic E-state index is 13.6. The van der Waals surface area contributed by atoms with Gasteiger partial charge in [-0.2, -0.15) is 0 Å². The summed E-state index contributed by atoms with van der Waals surface area (Å²) in [5.74, 6) is -1.78. The Labute approximate surface area is 179 Å². The summed E-state index contributed by atoms with van der Waals surface area (Å²) in [5, 5.41) is 11.9. The molecule has 3 aromatic carbocycles. The van der Waals surface area contributed by atoms with Gasteiger partial charge in [0.05, 0.1) is 0 Å². The van der Waals surface area contributed by atoms with Crippen LogP contribution >= 0.6 is 0 Å². The van der Waals surface area contributed by atoms with E-state index in [4.69, 9.17) is 4.74 Å². The molecule has 0 saturated carbocycles. The lowest BCUT2D eigenvalue weighted by Crippen LogP contribution is -2.43. The van der Waals surface area contributed by atoms with Crippen LogP contribution in [0.1, 0.15) is 28.2 Å². The number of amides is 1. The van der Waals surface area contributed by atoms with E-state index in [9.17, 15) is 19.1 Å². The van der Waals surface area contributed by atoms with Crippen molar-refractivity contribution in [3.05, 3.63) is 94.8 Å². The van der Waals surface area contributed by atoms with Crippen molar-refractivity contribution >= 4 is 12.1 Å². The Bertz CT molecular complexity index is 1080. The van der Waals surface area contributed by atoms with Gasteiger partial charge in [-0.1, -0.05) is 54.6 Å². The molecule has 0 unspecified atom stereocenters. The third-order valence-electron chi connectivity index (χ3n) is 5.48. The van der Waals surface area contributed by atoms with Crippen LogP contribution in [0.3, 0.4) is 0 Å². The first-order valence-electron chi connectivity index (χ1n) is 10.0.